The molecule has 0 bridgehead atoms. The zero-order chi connectivity index (χ0) is 15.9. The number of rotatable bonds is 5. The molecule has 0 aliphatic carbocycles. The maximum absolute atomic E-state index is 11.6. The summed E-state index contributed by atoms with van der Waals surface area (Å²) in [6.45, 7) is 7.23. The van der Waals surface area contributed by atoms with E-state index in [1.807, 2.05) is 0 Å². The Labute approximate surface area is 123 Å². The van der Waals surface area contributed by atoms with Crippen LogP contribution in [-0.2, 0) is 16.1 Å². The molecule has 0 aliphatic heterocycles. The Morgan fingerprint density at radius 2 is 2.10 bits per heavy atom. The van der Waals surface area contributed by atoms with Crippen LogP contribution >= 0.6 is 0 Å². The van der Waals surface area contributed by atoms with Gasteiger partial charge in [-0.15, -0.1) is 0 Å². The Kier molecular flexibility index (Phi) is 5.95. The van der Waals surface area contributed by atoms with E-state index in [2.05, 4.69) is 15.8 Å². The Morgan fingerprint density at radius 3 is 2.67 bits per heavy atom. The first-order valence-electron chi connectivity index (χ1n) is 6.57. The van der Waals surface area contributed by atoms with Crippen LogP contribution in [-0.4, -0.2) is 23.3 Å². The molecule has 0 unspecified atom stereocenters. The Balaban J connectivity index is 2.31. The second-order valence-electron chi connectivity index (χ2n) is 5.49. The predicted molar refractivity (Wildman–Crippen MR) is 77.7 cm³/mol. The molecule has 0 fully saturated rings. The van der Waals surface area contributed by atoms with E-state index in [9.17, 15) is 9.59 Å². The molecule has 21 heavy (non-hydrogen) atoms. The topological polar surface area (TPSA) is 92.9 Å². The summed E-state index contributed by atoms with van der Waals surface area (Å²) in [5.41, 5.74) is 2.12. The molecule has 0 saturated carbocycles. The third kappa shape index (κ3) is 7.76. The molecule has 0 atom stereocenters. The van der Waals surface area contributed by atoms with Gasteiger partial charge < -0.3 is 14.5 Å². The molecule has 7 nitrogen and oxygen atoms in total. The van der Waals surface area contributed by atoms with Crippen LogP contribution in [0.15, 0.2) is 27.9 Å². The van der Waals surface area contributed by atoms with Gasteiger partial charge in [0, 0.05) is 5.71 Å². The fourth-order valence-electron chi connectivity index (χ4n) is 1.38. The number of nitrogens with one attached hydrogen (secondary N) is 2. The van der Waals surface area contributed by atoms with Crippen molar-refractivity contribution >= 4 is 17.7 Å². The first-order chi connectivity index (χ1) is 9.76. The Hall–Kier alpha value is -2.31. The van der Waals surface area contributed by atoms with Gasteiger partial charge in [-0.05, 0) is 39.8 Å². The Bertz CT molecular complexity index is 501. The molecule has 1 rings (SSSR count). The number of amides is 2. The average molecular weight is 295 g/mol. The van der Waals surface area contributed by atoms with Gasteiger partial charge in [-0.25, -0.2) is 10.2 Å². The molecular weight excluding hydrogens is 274 g/mol. The lowest BCUT2D eigenvalue weighted by Gasteiger charge is -2.18. The highest BCUT2D eigenvalue weighted by Crippen LogP contribution is 2.06. The monoisotopic (exact) mass is 295 g/mol. The second kappa shape index (κ2) is 7.47. The minimum atomic E-state index is -0.655. The van der Waals surface area contributed by atoms with Gasteiger partial charge in [0.1, 0.15) is 11.4 Å². The van der Waals surface area contributed by atoms with E-state index < -0.39 is 11.7 Å². The maximum Gasteiger partial charge on any atom is 0.428 e. The first-order valence-corrected chi connectivity index (χ1v) is 6.57. The summed E-state index contributed by atoms with van der Waals surface area (Å²) in [7, 11) is 0. The van der Waals surface area contributed by atoms with Gasteiger partial charge >= 0.3 is 6.09 Å². The van der Waals surface area contributed by atoms with E-state index in [-0.39, 0.29) is 12.3 Å². The van der Waals surface area contributed by atoms with Crippen LogP contribution in [0, 0.1) is 0 Å². The van der Waals surface area contributed by atoms with E-state index >= 15 is 0 Å². The molecule has 116 valence electrons. The second-order valence-corrected chi connectivity index (χ2v) is 5.49. The van der Waals surface area contributed by atoms with Crippen molar-refractivity contribution in [1.29, 1.82) is 0 Å². The fourth-order valence-corrected chi connectivity index (χ4v) is 1.38. The maximum atomic E-state index is 11.6. The van der Waals surface area contributed by atoms with Gasteiger partial charge in [-0.2, -0.15) is 5.10 Å². The lowest BCUT2D eigenvalue weighted by atomic mass is 10.2. The van der Waals surface area contributed by atoms with Crippen LogP contribution < -0.4 is 10.7 Å². The summed E-state index contributed by atoms with van der Waals surface area (Å²) < 4.78 is 10.1. The SMILES string of the molecule is C/C(CC(=O)NCc1ccco1)=N/NC(=O)OC(C)(C)C. The molecular formula is C14H21N3O4. The summed E-state index contributed by atoms with van der Waals surface area (Å²) in [6.07, 6.45) is 0.966. The minimum Gasteiger partial charge on any atom is -0.467 e. The van der Waals surface area contributed by atoms with Crippen LogP contribution in [0.2, 0.25) is 0 Å². The fraction of sp³-hybridized carbons (Fsp3) is 0.500. The average Bonchev–Trinajstić information content (AvgIpc) is 2.85. The predicted octanol–water partition coefficient (Wildman–Crippen LogP) is 2.19. The summed E-state index contributed by atoms with van der Waals surface area (Å²) >= 11 is 0. The zero-order valence-electron chi connectivity index (χ0n) is 12.7. The zero-order valence-corrected chi connectivity index (χ0v) is 12.7. The number of carbonyl (C=O) groups excluding carboxylic acids is 2. The normalized spacial score (nSPS) is 11.9. The molecule has 0 saturated heterocycles. The standard InChI is InChI=1S/C14H21N3O4/c1-10(16-17-13(19)21-14(2,3)4)8-12(18)15-9-11-6-5-7-20-11/h5-7H,8-9H2,1-4H3,(H,15,18)(H,17,19)/b16-10-. The van der Waals surface area contributed by atoms with Crippen LogP contribution in [0.25, 0.3) is 0 Å². The molecule has 1 aromatic rings. The highest BCUT2D eigenvalue weighted by molar-refractivity contribution is 5.99. The highest BCUT2D eigenvalue weighted by Gasteiger charge is 2.15. The third-order valence-electron chi connectivity index (χ3n) is 2.19. The molecule has 0 aromatic carbocycles. The van der Waals surface area contributed by atoms with Gasteiger partial charge in [0.15, 0.2) is 0 Å². The molecule has 0 aliphatic rings. The summed E-state index contributed by atoms with van der Waals surface area (Å²) in [5, 5.41) is 6.49. The number of hydrogen-bond acceptors (Lipinski definition) is 5. The van der Waals surface area contributed by atoms with Gasteiger partial charge in [0.2, 0.25) is 5.91 Å². The molecule has 2 N–H and O–H groups in total. The molecule has 1 aromatic heterocycles. The number of hydrogen-bond donors (Lipinski definition) is 2. The largest absolute Gasteiger partial charge is 0.467 e. The van der Waals surface area contributed by atoms with Gasteiger partial charge in [-0.3, -0.25) is 4.79 Å². The number of furan rings is 1. The number of ether oxygens (including phenoxy) is 1. The van der Waals surface area contributed by atoms with Crippen molar-refractivity contribution in [3.05, 3.63) is 24.2 Å². The Morgan fingerprint density at radius 1 is 1.38 bits per heavy atom. The third-order valence-corrected chi connectivity index (χ3v) is 2.19. The molecule has 7 heteroatoms. The van der Waals surface area contributed by atoms with Crippen molar-refractivity contribution in [2.24, 2.45) is 5.10 Å². The molecule has 2 amide bonds. The van der Waals surface area contributed by atoms with Gasteiger partial charge in [0.25, 0.3) is 0 Å². The van der Waals surface area contributed by atoms with Gasteiger partial charge in [0.05, 0.1) is 19.2 Å². The molecule has 0 radical (unpaired) electrons. The van der Waals surface area contributed by atoms with Crippen molar-refractivity contribution in [2.75, 3.05) is 0 Å². The molecule has 0 spiro atoms. The van der Waals surface area contributed by atoms with Gasteiger partial charge in [-0.1, -0.05) is 0 Å². The van der Waals surface area contributed by atoms with Crippen LogP contribution in [0.4, 0.5) is 4.79 Å². The number of hydrazone groups is 1. The van der Waals surface area contributed by atoms with Crippen molar-refractivity contribution in [2.45, 2.75) is 46.3 Å². The van der Waals surface area contributed by atoms with Crippen molar-refractivity contribution in [3.8, 4) is 0 Å². The minimum absolute atomic E-state index is 0.0799. The van der Waals surface area contributed by atoms with E-state index in [4.69, 9.17) is 9.15 Å². The number of carbonyl (C=O) groups is 2. The van der Waals surface area contributed by atoms with Crippen molar-refractivity contribution in [1.82, 2.24) is 10.7 Å². The quantitative estimate of drug-likeness (QED) is 0.643. The first kappa shape index (κ1) is 16.7. The van der Waals surface area contributed by atoms with Crippen LogP contribution in [0.1, 0.15) is 39.9 Å². The van der Waals surface area contributed by atoms with Crippen molar-refractivity contribution < 1.29 is 18.7 Å². The lowest BCUT2D eigenvalue weighted by Crippen LogP contribution is -2.31. The number of nitrogens with zero attached hydrogens (tertiary/aromatic N) is 1. The summed E-state index contributed by atoms with van der Waals surface area (Å²) in [5.74, 6) is 0.462. The van der Waals surface area contributed by atoms with E-state index in [0.29, 0.717) is 18.0 Å². The smallest absolute Gasteiger partial charge is 0.428 e. The van der Waals surface area contributed by atoms with E-state index in [1.54, 1.807) is 46.1 Å². The lowest BCUT2D eigenvalue weighted by molar-refractivity contribution is -0.120. The van der Waals surface area contributed by atoms with E-state index in [1.165, 1.54) is 0 Å². The molecule has 1 heterocycles. The van der Waals surface area contributed by atoms with Crippen molar-refractivity contribution in [3.63, 3.8) is 0 Å². The van der Waals surface area contributed by atoms with E-state index in [0.717, 1.165) is 0 Å². The van der Waals surface area contributed by atoms with Crippen LogP contribution in [0.5, 0.6) is 0 Å². The highest BCUT2D eigenvalue weighted by atomic mass is 16.6. The summed E-state index contributed by atoms with van der Waals surface area (Å²) in [4.78, 5) is 23.0. The van der Waals surface area contributed by atoms with Crippen LogP contribution in [0.3, 0.4) is 0 Å². The summed E-state index contributed by atoms with van der Waals surface area (Å²) in [6, 6.07) is 3.52.